The smallest absolute Gasteiger partial charge is 0.259 e. The van der Waals surface area contributed by atoms with Gasteiger partial charge in [0.2, 0.25) is 0 Å². The van der Waals surface area contributed by atoms with E-state index in [9.17, 15) is 4.79 Å². The second kappa shape index (κ2) is 6.86. The topological polar surface area (TPSA) is 51.8 Å². The van der Waals surface area contributed by atoms with E-state index in [0.29, 0.717) is 18.1 Å². The molecule has 3 aromatic rings. The Morgan fingerprint density at radius 3 is 3.08 bits per heavy atom. The quantitative estimate of drug-likeness (QED) is 0.725. The van der Waals surface area contributed by atoms with Gasteiger partial charge in [-0.15, -0.1) is 0 Å². The monoisotopic (exact) mass is 352 g/mol. The summed E-state index contributed by atoms with van der Waals surface area (Å²) in [5.74, 6) is 1.31. The molecule has 2 aromatic heterocycles. The molecule has 0 N–H and O–H groups in total. The minimum absolute atomic E-state index is 0.0575. The summed E-state index contributed by atoms with van der Waals surface area (Å²) in [6, 6.07) is 8.10. The van der Waals surface area contributed by atoms with Gasteiger partial charge in [0, 0.05) is 38.4 Å². The molecule has 1 amide bonds. The van der Waals surface area contributed by atoms with Crippen molar-refractivity contribution in [3.8, 4) is 5.75 Å². The second-order valence-corrected chi connectivity index (χ2v) is 7.12. The van der Waals surface area contributed by atoms with Gasteiger partial charge in [0.05, 0.1) is 12.8 Å². The van der Waals surface area contributed by atoms with Gasteiger partial charge >= 0.3 is 0 Å². The van der Waals surface area contributed by atoms with Gasteiger partial charge in [0.15, 0.2) is 0 Å². The van der Waals surface area contributed by atoms with Crippen molar-refractivity contribution in [1.82, 2.24) is 19.1 Å². The lowest BCUT2D eigenvalue weighted by Gasteiger charge is -2.32. The molecule has 1 unspecified atom stereocenters. The van der Waals surface area contributed by atoms with Crippen LogP contribution >= 0.6 is 0 Å². The van der Waals surface area contributed by atoms with E-state index in [-0.39, 0.29) is 5.91 Å². The number of hydrogen-bond donors (Lipinski definition) is 0. The number of rotatable bonds is 4. The molecule has 1 fully saturated rings. The molecule has 0 saturated carbocycles. The lowest BCUT2D eigenvalue weighted by Crippen LogP contribution is -2.41. The Morgan fingerprint density at radius 2 is 2.23 bits per heavy atom. The molecular weight excluding hydrogens is 328 g/mol. The number of nitrogens with zero attached hydrogens (tertiary/aromatic N) is 4. The van der Waals surface area contributed by atoms with Crippen molar-refractivity contribution in [1.29, 1.82) is 0 Å². The maximum atomic E-state index is 13.0. The molecule has 0 aliphatic carbocycles. The first-order valence-electron chi connectivity index (χ1n) is 9.09. The molecule has 3 heterocycles. The van der Waals surface area contributed by atoms with Crippen LogP contribution in [0.25, 0.3) is 5.65 Å². The fraction of sp³-hybridized carbons (Fsp3) is 0.400. The fourth-order valence-corrected chi connectivity index (χ4v) is 3.68. The summed E-state index contributed by atoms with van der Waals surface area (Å²) >= 11 is 0. The Labute approximate surface area is 153 Å². The Balaban J connectivity index is 1.43. The highest BCUT2D eigenvalue weighted by Gasteiger charge is 2.27. The largest absolute Gasteiger partial charge is 0.493 e. The standard InChI is InChI=1S/C20H24N4O2/c1-15-5-3-7-17(11-15)26-14-16-6-4-8-23(13-16)20(25)18-12-21-24-10-9-22(2)19(18)24/h3,5,7,9-12,16H,4,6,8,13-14H2,1-2H3. The zero-order valence-electron chi connectivity index (χ0n) is 15.3. The first kappa shape index (κ1) is 16.7. The average molecular weight is 352 g/mol. The molecule has 26 heavy (non-hydrogen) atoms. The molecule has 6 nitrogen and oxygen atoms in total. The zero-order chi connectivity index (χ0) is 18.1. The Kier molecular flexibility index (Phi) is 4.41. The van der Waals surface area contributed by atoms with Crippen LogP contribution in [0.2, 0.25) is 0 Å². The highest BCUT2D eigenvalue weighted by atomic mass is 16.5. The summed E-state index contributed by atoms with van der Waals surface area (Å²) in [4.78, 5) is 15.0. The lowest BCUT2D eigenvalue weighted by molar-refractivity contribution is 0.0635. The SMILES string of the molecule is Cc1cccc(OCC2CCCN(C(=O)c3cnn4ccn(C)c34)C2)c1. The van der Waals surface area contributed by atoms with Crippen molar-refractivity contribution in [2.24, 2.45) is 13.0 Å². The summed E-state index contributed by atoms with van der Waals surface area (Å²) in [7, 11) is 1.93. The second-order valence-electron chi connectivity index (χ2n) is 7.12. The number of ether oxygens (including phenoxy) is 1. The van der Waals surface area contributed by atoms with Crippen molar-refractivity contribution >= 4 is 11.6 Å². The van der Waals surface area contributed by atoms with Crippen LogP contribution in [0.1, 0.15) is 28.8 Å². The van der Waals surface area contributed by atoms with Gasteiger partial charge in [0.1, 0.15) is 17.0 Å². The first-order chi connectivity index (χ1) is 12.6. The van der Waals surface area contributed by atoms with Gasteiger partial charge in [0.25, 0.3) is 5.91 Å². The molecular formula is C20H24N4O2. The van der Waals surface area contributed by atoms with E-state index < -0.39 is 0 Å². The maximum Gasteiger partial charge on any atom is 0.259 e. The molecule has 1 aliphatic heterocycles. The number of aromatic nitrogens is 3. The molecule has 0 bridgehead atoms. The molecule has 6 heteroatoms. The summed E-state index contributed by atoms with van der Waals surface area (Å²) in [5.41, 5.74) is 2.70. The van der Waals surface area contributed by atoms with Gasteiger partial charge in [-0.2, -0.15) is 5.10 Å². The number of fused-ring (bicyclic) bond motifs is 1. The van der Waals surface area contributed by atoms with Crippen LogP contribution in [0.3, 0.4) is 0 Å². The van der Waals surface area contributed by atoms with Gasteiger partial charge in [-0.05, 0) is 37.5 Å². The van der Waals surface area contributed by atoms with Gasteiger partial charge in [-0.3, -0.25) is 4.79 Å². The number of aryl methyl sites for hydroxylation is 2. The highest BCUT2D eigenvalue weighted by molar-refractivity contribution is 5.99. The van der Waals surface area contributed by atoms with Gasteiger partial charge in [-0.1, -0.05) is 12.1 Å². The zero-order valence-corrected chi connectivity index (χ0v) is 15.3. The van der Waals surface area contributed by atoms with E-state index in [0.717, 1.165) is 37.3 Å². The third-order valence-electron chi connectivity index (χ3n) is 5.05. The van der Waals surface area contributed by atoms with Crippen LogP contribution in [-0.2, 0) is 7.05 Å². The van der Waals surface area contributed by atoms with Crippen LogP contribution in [0.5, 0.6) is 5.75 Å². The van der Waals surface area contributed by atoms with Crippen LogP contribution in [-0.4, -0.2) is 44.7 Å². The van der Waals surface area contributed by atoms with Crippen molar-refractivity contribution in [3.63, 3.8) is 0 Å². The third kappa shape index (κ3) is 3.19. The minimum Gasteiger partial charge on any atom is -0.493 e. The number of benzene rings is 1. The van der Waals surface area contributed by atoms with Crippen LogP contribution in [0.15, 0.2) is 42.9 Å². The highest BCUT2D eigenvalue weighted by Crippen LogP contribution is 2.22. The molecule has 1 saturated heterocycles. The summed E-state index contributed by atoms with van der Waals surface area (Å²) in [6.07, 6.45) is 7.54. The van der Waals surface area contributed by atoms with Crippen molar-refractivity contribution in [2.45, 2.75) is 19.8 Å². The lowest BCUT2D eigenvalue weighted by atomic mass is 9.98. The van der Waals surface area contributed by atoms with E-state index in [1.54, 1.807) is 10.7 Å². The summed E-state index contributed by atoms with van der Waals surface area (Å²) < 4.78 is 9.64. The molecule has 1 atom stereocenters. The van der Waals surface area contributed by atoms with Crippen molar-refractivity contribution in [2.75, 3.05) is 19.7 Å². The Morgan fingerprint density at radius 1 is 1.35 bits per heavy atom. The van der Waals surface area contributed by atoms with E-state index in [2.05, 4.69) is 18.1 Å². The molecule has 136 valence electrons. The number of hydrogen-bond acceptors (Lipinski definition) is 3. The van der Waals surface area contributed by atoms with Crippen molar-refractivity contribution in [3.05, 3.63) is 54.0 Å². The van der Waals surface area contributed by atoms with E-state index >= 15 is 0 Å². The van der Waals surface area contributed by atoms with Crippen molar-refractivity contribution < 1.29 is 9.53 Å². The number of piperidine rings is 1. The summed E-state index contributed by atoms with van der Waals surface area (Å²) in [5, 5.41) is 4.28. The van der Waals surface area contributed by atoms with E-state index in [1.807, 2.05) is 47.1 Å². The average Bonchev–Trinajstić information content (AvgIpc) is 3.23. The van der Waals surface area contributed by atoms with Crippen LogP contribution in [0.4, 0.5) is 0 Å². The van der Waals surface area contributed by atoms with Gasteiger partial charge in [-0.25, -0.2) is 4.52 Å². The first-order valence-corrected chi connectivity index (χ1v) is 9.09. The number of amides is 1. The minimum atomic E-state index is 0.0575. The van der Waals surface area contributed by atoms with Crippen LogP contribution in [0, 0.1) is 12.8 Å². The molecule has 0 spiro atoms. The van der Waals surface area contributed by atoms with E-state index in [1.165, 1.54) is 5.56 Å². The van der Waals surface area contributed by atoms with E-state index in [4.69, 9.17) is 4.74 Å². The summed E-state index contributed by atoms with van der Waals surface area (Å²) in [6.45, 7) is 4.22. The third-order valence-corrected chi connectivity index (χ3v) is 5.05. The fourth-order valence-electron chi connectivity index (χ4n) is 3.68. The molecule has 1 aliphatic rings. The maximum absolute atomic E-state index is 13.0. The normalized spacial score (nSPS) is 17.6. The Hall–Kier alpha value is -2.76. The Bertz CT molecular complexity index is 927. The number of imidazole rings is 1. The molecule has 0 radical (unpaired) electrons. The number of likely N-dealkylation sites (tertiary alicyclic amines) is 1. The van der Waals surface area contributed by atoms with Gasteiger partial charge < -0.3 is 14.2 Å². The number of carbonyl (C=O) groups excluding carboxylic acids is 1. The molecule has 4 rings (SSSR count). The predicted molar refractivity (Wildman–Crippen MR) is 99.5 cm³/mol. The predicted octanol–water partition coefficient (Wildman–Crippen LogP) is 2.91. The van der Waals surface area contributed by atoms with Crippen LogP contribution < -0.4 is 4.74 Å². The number of carbonyl (C=O) groups is 1. The molecule has 1 aromatic carbocycles.